The number of nitrogens with zero attached hydrogens (tertiary/aromatic N) is 3. The molecule has 0 saturated carbocycles. The van der Waals surface area contributed by atoms with Crippen molar-refractivity contribution in [3.05, 3.63) is 54.6 Å². The Balaban J connectivity index is 1.28. The third-order valence-electron chi connectivity index (χ3n) is 5.57. The van der Waals surface area contributed by atoms with E-state index in [1.807, 2.05) is 42.5 Å². The highest BCUT2D eigenvalue weighted by Crippen LogP contribution is 2.31. The van der Waals surface area contributed by atoms with Gasteiger partial charge >= 0.3 is 0 Å². The van der Waals surface area contributed by atoms with Crippen LogP contribution in [-0.4, -0.2) is 61.7 Å². The van der Waals surface area contributed by atoms with Gasteiger partial charge in [0.25, 0.3) is 5.91 Å². The summed E-state index contributed by atoms with van der Waals surface area (Å²) in [5, 5.41) is 3.91. The lowest BCUT2D eigenvalue weighted by Crippen LogP contribution is -2.44. The first kappa shape index (κ1) is 18.7. The highest BCUT2D eigenvalue weighted by atomic mass is 16.6. The minimum Gasteiger partial charge on any atom is -0.485 e. The molecule has 5 rings (SSSR count). The van der Waals surface area contributed by atoms with Crippen LogP contribution in [0.2, 0.25) is 0 Å². The van der Waals surface area contributed by atoms with Crippen LogP contribution < -0.4 is 19.7 Å². The smallest absolute Gasteiger partial charge is 0.269 e. The van der Waals surface area contributed by atoms with E-state index < -0.39 is 6.10 Å². The van der Waals surface area contributed by atoms with Gasteiger partial charge in [0.05, 0.1) is 5.52 Å². The minimum absolute atomic E-state index is 0.187. The first-order valence-corrected chi connectivity index (χ1v) is 10.2. The Morgan fingerprint density at radius 3 is 2.67 bits per heavy atom. The molecule has 1 atom stereocenters. The van der Waals surface area contributed by atoms with E-state index in [1.165, 1.54) is 0 Å². The van der Waals surface area contributed by atoms with Crippen LogP contribution in [0.25, 0.3) is 10.9 Å². The summed E-state index contributed by atoms with van der Waals surface area (Å²) in [6, 6.07) is 17.2. The Labute approximate surface area is 175 Å². The molecular formula is C23H24N4O3. The lowest BCUT2D eigenvalue weighted by molar-refractivity contribution is -0.125. The van der Waals surface area contributed by atoms with Crippen LogP contribution in [0.3, 0.4) is 0 Å². The van der Waals surface area contributed by atoms with Gasteiger partial charge in [0.1, 0.15) is 12.4 Å². The largest absolute Gasteiger partial charge is 0.485 e. The second kappa shape index (κ2) is 7.84. The summed E-state index contributed by atoms with van der Waals surface area (Å²) in [5.74, 6) is 2.02. The fraction of sp³-hybridized carbons (Fsp3) is 0.304. The highest BCUT2D eigenvalue weighted by molar-refractivity contribution is 5.96. The standard InChI is InChI=1S/C23H24N4O3/c1-26-10-12-27(13-11-26)22-9-6-16-14-17(7-8-18(16)25-22)24-23(28)21-15-29-19-4-2-3-5-20(19)30-21/h2-9,14,21H,10-13,15H2,1H3,(H,24,28). The van der Waals surface area contributed by atoms with Crippen molar-refractivity contribution in [1.29, 1.82) is 0 Å². The zero-order valence-electron chi connectivity index (χ0n) is 16.9. The number of amides is 1. The predicted octanol–water partition coefficient (Wildman–Crippen LogP) is 2.77. The quantitative estimate of drug-likeness (QED) is 0.724. The summed E-state index contributed by atoms with van der Waals surface area (Å²) in [6.45, 7) is 4.24. The molecule has 1 aromatic heterocycles. The molecule has 1 amide bonds. The third-order valence-corrected chi connectivity index (χ3v) is 5.57. The molecule has 7 heteroatoms. The maximum atomic E-state index is 12.7. The summed E-state index contributed by atoms with van der Waals surface area (Å²) in [4.78, 5) is 22.1. The van der Waals surface area contributed by atoms with Gasteiger partial charge in [0.15, 0.2) is 11.5 Å². The number of piperazine rings is 1. The summed E-state index contributed by atoms with van der Waals surface area (Å²) in [5.41, 5.74) is 1.62. The number of pyridine rings is 1. The number of nitrogens with one attached hydrogen (secondary N) is 1. The molecular weight excluding hydrogens is 380 g/mol. The zero-order chi connectivity index (χ0) is 20.5. The summed E-state index contributed by atoms with van der Waals surface area (Å²) < 4.78 is 11.4. The van der Waals surface area contributed by atoms with E-state index in [2.05, 4.69) is 28.2 Å². The van der Waals surface area contributed by atoms with E-state index in [0.717, 1.165) is 42.9 Å². The molecule has 2 aromatic carbocycles. The summed E-state index contributed by atoms with van der Waals surface area (Å²) in [7, 11) is 2.14. The van der Waals surface area contributed by atoms with Gasteiger partial charge < -0.3 is 24.6 Å². The number of anilines is 2. The Hall–Kier alpha value is -3.32. The third kappa shape index (κ3) is 3.76. The molecule has 1 saturated heterocycles. The van der Waals surface area contributed by atoms with E-state index in [4.69, 9.17) is 14.5 Å². The van der Waals surface area contributed by atoms with Gasteiger partial charge in [-0.2, -0.15) is 0 Å². The Morgan fingerprint density at radius 2 is 1.83 bits per heavy atom. The van der Waals surface area contributed by atoms with Gasteiger partial charge in [-0.15, -0.1) is 0 Å². The molecule has 30 heavy (non-hydrogen) atoms. The van der Waals surface area contributed by atoms with Gasteiger partial charge in [-0.1, -0.05) is 12.1 Å². The monoisotopic (exact) mass is 404 g/mol. The van der Waals surface area contributed by atoms with Crippen LogP contribution in [0.5, 0.6) is 11.5 Å². The van der Waals surface area contributed by atoms with Crippen LogP contribution >= 0.6 is 0 Å². The highest BCUT2D eigenvalue weighted by Gasteiger charge is 2.27. The van der Waals surface area contributed by atoms with E-state index in [1.54, 1.807) is 6.07 Å². The summed E-state index contributed by atoms with van der Waals surface area (Å²) >= 11 is 0. The number of ether oxygens (including phenoxy) is 2. The van der Waals surface area contributed by atoms with Crippen LogP contribution in [0.15, 0.2) is 54.6 Å². The average Bonchev–Trinajstić information content (AvgIpc) is 2.79. The molecule has 1 unspecified atom stereocenters. The maximum absolute atomic E-state index is 12.7. The molecule has 2 aliphatic rings. The number of carbonyl (C=O) groups is 1. The lowest BCUT2D eigenvalue weighted by atomic mass is 10.2. The zero-order valence-corrected chi connectivity index (χ0v) is 16.9. The predicted molar refractivity (Wildman–Crippen MR) is 116 cm³/mol. The molecule has 0 radical (unpaired) electrons. The number of benzene rings is 2. The van der Waals surface area contributed by atoms with Crippen molar-refractivity contribution in [3.8, 4) is 11.5 Å². The molecule has 1 fully saturated rings. The number of carbonyl (C=O) groups excluding carboxylic acids is 1. The number of hydrogen-bond acceptors (Lipinski definition) is 6. The fourth-order valence-corrected chi connectivity index (χ4v) is 3.78. The number of rotatable bonds is 3. The molecule has 0 bridgehead atoms. The molecule has 7 nitrogen and oxygen atoms in total. The Kier molecular flexibility index (Phi) is 4.88. The van der Waals surface area contributed by atoms with Crippen LogP contribution in [0.4, 0.5) is 11.5 Å². The maximum Gasteiger partial charge on any atom is 0.269 e. The fourth-order valence-electron chi connectivity index (χ4n) is 3.78. The van der Waals surface area contributed by atoms with Gasteiger partial charge in [-0.3, -0.25) is 4.79 Å². The molecule has 2 aliphatic heterocycles. The van der Waals surface area contributed by atoms with E-state index >= 15 is 0 Å². The van der Waals surface area contributed by atoms with Crippen molar-refractivity contribution in [2.45, 2.75) is 6.10 Å². The second-order valence-electron chi connectivity index (χ2n) is 7.72. The number of aromatic nitrogens is 1. The topological polar surface area (TPSA) is 66.9 Å². The van der Waals surface area contributed by atoms with Gasteiger partial charge in [0.2, 0.25) is 6.10 Å². The first-order valence-electron chi connectivity index (χ1n) is 10.2. The van der Waals surface area contributed by atoms with Crippen LogP contribution in [0.1, 0.15) is 0 Å². The molecule has 0 aliphatic carbocycles. The van der Waals surface area contributed by atoms with Gasteiger partial charge in [0, 0.05) is 37.3 Å². The first-order chi connectivity index (χ1) is 14.7. The van der Waals surface area contributed by atoms with Crippen molar-refractivity contribution >= 4 is 28.3 Å². The number of fused-ring (bicyclic) bond motifs is 2. The van der Waals surface area contributed by atoms with Crippen LogP contribution in [0, 0.1) is 0 Å². The normalized spacial score (nSPS) is 19.0. The molecule has 3 heterocycles. The van der Waals surface area contributed by atoms with Crippen molar-refractivity contribution in [1.82, 2.24) is 9.88 Å². The Bertz CT molecular complexity index is 1080. The molecule has 154 valence electrons. The molecule has 3 aromatic rings. The molecule has 0 spiro atoms. The van der Waals surface area contributed by atoms with Gasteiger partial charge in [-0.25, -0.2) is 4.98 Å². The number of likely N-dealkylation sites (N-methyl/N-ethyl adjacent to an activating group) is 1. The van der Waals surface area contributed by atoms with Crippen molar-refractivity contribution < 1.29 is 14.3 Å². The van der Waals surface area contributed by atoms with Crippen molar-refractivity contribution in [3.63, 3.8) is 0 Å². The van der Waals surface area contributed by atoms with Crippen molar-refractivity contribution in [2.75, 3.05) is 50.1 Å². The second-order valence-corrected chi connectivity index (χ2v) is 7.72. The van der Waals surface area contributed by atoms with E-state index in [0.29, 0.717) is 17.2 Å². The summed E-state index contributed by atoms with van der Waals surface area (Å²) in [6.07, 6.45) is -0.687. The van der Waals surface area contributed by atoms with E-state index in [9.17, 15) is 4.79 Å². The van der Waals surface area contributed by atoms with Crippen LogP contribution in [-0.2, 0) is 4.79 Å². The SMILES string of the molecule is CN1CCN(c2ccc3cc(NC(=O)C4COc5ccccc5O4)ccc3n2)CC1. The van der Waals surface area contributed by atoms with E-state index in [-0.39, 0.29) is 12.5 Å². The molecule has 1 N–H and O–H groups in total. The average molecular weight is 404 g/mol. The van der Waals surface area contributed by atoms with Gasteiger partial charge in [-0.05, 0) is 49.5 Å². The number of hydrogen-bond donors (Lipinski definition) is 1. The minimum atomic E-state index is -0.687. The lowest BCUT2D eigenvalue weighted by Gasteiger charge is -2.33. The Morgan fingerprint density at radius 1 is 1.03 bits per heavy atom. The number of para-hydroxylation sites is 2. The van der Waals surface area contributed by atoms with Crippen molar-refractivity contribution in [2.24, 2.45) is 0 Å².